The van der Waals surface area contributed by atoms with Gasteiger partial charge in [-0.2, -0.15) is 0 Å². The zero-order valence-electron chi connectivity index (χ0n) is 11.9. The minimum atomic E-state index is 0.463. The fourth-order valence-electron chi connectivity index (χ4n) is 3.82. The maximum atomic E-state index is 6.02. The molecule has 0 aromatic rings. The third-order valence-corrected chi connectivity index (χ3v) is 5.03. The Morgan fingerprint density at radius 2 is 1.71 bits per heavy atom. The molecule has 3 unspecified atom stereocenters. The Kier molecular flexibility index (Phi) is 4.48. The summed E-state index contributed by atoms with van der Waals surface area (Å²) in [5.74, 6) is 2.68. The summed E-state index contributed by atoms with van der Waals surface area (Å²) in [5, 5.41) is 0. The van der Waals surface area contributed by atoms with Crippen LogP contribution in [0.15, 0.2) is 0 Å². The van der Waals surface area contributed by atoms with Gasteiger partial charge < -0.3 is 5.73 Å². The first-order valence-corrected chi connectivity index (χ1v) is 7.57. The number of likely N-dealkylation sites (tertiary alicyclic amines) is 1. The van der Waals surface area contributed by atoms with Crippen LogP contribution in [-0.2, 0) is 0 Å². The molecule has 0 bridgehead atoms. The van der Waals surface area contributed by atoms with Gasteiger partial charge in [-0.3, -0.25) is 4.90 Å². The fourth-order valence-corrected chi connectivity index (χ4v) is 3.82. The van der Waals surface area contributed by atoms with Crippen molar-refractivity contribution in [2.75, 3.05) is 13.1 Å². The van der Waals surface area contributed by atoms with E-state index in [0.717, 1.165) is 23.8 Å². The molecule has 100 valence electrons. The highest BCUT2D eigenvalue weighted by molar-refractivity contribution is 4.89. The second-order valence-electron chi connectivity index (χ2n) is 6.77. The Labute approximate surface area is 107 Å². The smallest absolute Gasteiger partial charge is 0.0128 e. The lowest BCUT2D eigenvalue weighted by atomic mass is 9.73. The van der Waals surface area contributed by atoms with Crippen LogP contribution in [0.1, 0.15) is 52.9 Å². The van der Waals surface area contributed by atoms with Gasteiger partial charge in [-0.1, -0.05) is 27.2 Å². The highest BCUT2D eigenvalue weighted by Gasteiger charge is 2.35. The molecule has 17 heavy (non-hydrogen) atoms. The molecule has 0 aromatic carbocycles. The van der Waals surface area contributed by atoms with Crippen LogP contribution in [0.4, 0.5) is 0 Å². The molecule has 0 aromatic heterocycles. The normalized spacial score (nSPS) is 37.6. The van der Waals surface area contributed by atoms with Crippen molar-refractivity contribution in [3.8, 4) is 0 Å². The fraction of sp³-hybridized carbons (Fsp3) is 1.00. The van der Waals surface area contributed by atoms with Crippen LogP contribution in [0.5, 0.6) is 0 Å². The van der Waals surface area contributed by atoms with Crippen molar-refractivity contribution in [1.82, 2.24) is 4.90 Å². The van der Waals surface area contributed by atoms with Crippen molar-refractivity contribution in [2.24, 2.45) is 23.5 Å². The molecule has 2 fully saturated rings. The predicted octanol–water partition coefficient (Wildman–Crippen LogP) is 2.87. The van der Waals surface area contributed by atoms with Crippen molar-refractivity contribution in [1.29, 1.82) is 0 Å². The van der Waals surface area contributed by atoms with Crippen LogP contribution in [0.25, 0.3) is 0 Å². The first-order chi connectivity index (χ1) is 8.08. The van der Waals surface area contributed by atoms with E-state index in [2.05, 4.69) is 25.7 Å². The zero-order chi connectivity index (χ0) is 12.4. The summed E-state index contributed by atoms with van der Waals surface area (Å²) in [4.78, 5) is 2.75. The summed E-state index contributed by atoms with van der Waals surface area (Å²) in [7, 11) is 0. The van der Waals surface area contributed by atoms with Gasteiger partial charge in [0.1, 0.15) is 0 Å². The maximum Gasteiger partial charge on any atom is 0.0128 e. The molecule has 0 spiro atoms. The molecule has 2 N–H and O–H groups in total. The predicted molar refractivity (Wildman–Crippen MR) is 73.9 cm³/mol. The molecular formula is C15H30N2. The highest BCUT2D eigenvalue weighted by atomic mass is 15.2. The van der Waals surface area contributed by atoms with Crippen LogP contribution in [0.2, 0.25) is 0 Å². The third-order valence-electron chi connectivity index (χ3n) is 5.03. The Bertz CT molecular complexity index is 231. The van der Waals surface area contributed by atoms with Crippen molar-refractivity contribution >= 4 is 0 Å². The Hall–Kier alpha value is -0.0800. The number of nitrogens with zero attached hydrogens (tertiary/aromatic N) is 1. The van der Waals surface area contributed by atoms with E-state index in [0.29, 0.717) is 6.04 Å². The average Bonchev–Trinajstić information content (AvgIpc) is 2.29. The van der Waals surface area contributed by atoms with E-state index in [4.69, 9.17) is 5.73 Å². The van der Waals surface area contributed by atoms with Gasteiger partial charge in [-0.05, 0) is 56.5 Å². The van der Waals surface area contributed by atoms with Gasteiger partial charge >= 0.3 is 0 Å². The van der Waals surface area contributed by atoms with Gasteiger partial charge in [-0.25, -0.2) is 0 Å². The molecule has 0 radical (unpaired) electrons. The number of nitrogens with two attached hydrogens (primary N) is 1. The molecular weight excluding hydrogens is 208 g/mol. The summed E-state index contributed by atoms with van der Waals surface area (Å²) in [6.07, 6.45) is 6.70. The molecule has 2 rings (SSSR count). The van der Waals surface area contributed by atoms with Crippen LogP contribution in [0.3, 0.4) is 0 Å². The van der Waals surface area contributed by atoms with Gasteiger partial charge in [0.2, 0.25) is 0 Å². The van der Waals surface area contributed by atoms with E-state index < -0.39 is 0 Å². The second kappa shape index (κ2) is 5.71. The number of hydrogen-bond acceptors (Lipinski definition) is 2. The lowest BCUT2D eigenvalue weighted by Crippen LogP contribution is -2.50. The minimum Gasteiger partial charge on any atom is -0.328 e. The highest BCUT2D eigenvalue weighted by Crippen LogP contribution is 2.37. The lowest BCUT2D eigenvalue weighted by Gasteiger charge is -2.46. The molecule has 1 heterocycles. The molecule has 2 aliphatic rings. The third kappa shape index (κ3) is 3.23. The number of hydrogen-bond donors (Lipinski definition) is 1. The van der Waals surface area contributed by atoms with Gasteiger partial charge in [0, 0.05) is 12.1 Å². The Morgan fingerprint density at radius 3 is 2.29 bits per heavy atom. The van der Waals surface area contributed by atoms with Gasteiger partial charge in [-0.15, -0.1) is 0 Å². The van der Waals surface area contributed by atoms with Crippen molar-refractivity contribution < 1.29 is 0 Å². The Balaban J connectivity index is 1.99. The van der Waals surface area contributed by atoms with Gasteiger partial charge in [0.15, 0.2) is 0 Å². The van der Waals surface area contributed by atoms with Crippen molar-refractivity contribution in [3.05, 3.63) is 0 Å². The molecule has 3 atom stereocenters. The largest absolute Gasteiger partial charge is 0.328 e. The molecule has 1 saturated heterocycles. The average molecular weight is 238 g/mol. The van der Waals surface area contributed by atoms with Crippen molar-refractivity contribution in [3.63, 3.8) is 0 Å². The molecule has 2 nitrogen and oxygen atoms in total. The van der Waals surface area contributed by atoms with Crippen LogP contribution < -0.4 is 5.73 Å². The molecule has 2 heteroatoms. The quantitative estimate of drug-likeness (QED) is 0.801. The monoisotopic (exact) mass is 238 g/mol. The summed E-state index contributed by atoms with van der Waals surface area (Å²) in [6.45, 7) is 9.72. The van der Waals surface area contributed by atoms with Crippen LogP contribution in [-0.4, -0.2) is 30.1 Å². The van der Waals surface area contributed by atoms with E-state index >= 15 is 0 Å². The summed E-state index contributed by atoms with van der Waals surface area (Å²) in [5.41, 5.74) is 6.02. The molecule has 1 aliphatic heterocycles. The van der Waals surface area contributed by atoms with E-state index in [-0.39, 0.29) is 0 Å². The summed E-state index contributed by atoms with van der Waals surface area (Å²) in [6, 6.07) is 1.30. The standard InChI is InChI=1S/C15H30N2/c1-11(2)14-5-4-12(3)10-15(14)17-8-6-13(16)7-9-17/h11-15H,4-10,16H2,1-3H3. The Morgan fingerprint density at radius 1 is 1.06 bits per heavy atom. The van der Waals surface area contributed by atoms with E-state index in [1.165, 1.54) is 45.2 Å². The minimum absolute atomic E-state index is 0.463. The van der Waals surface area contributed by atoms with Crippen LogP contribution >= 0.6 is 0 Å². The first-order valence-electron chi connectivity index (χ1n) is 7.57. The first kappa shape index (κ1) is 13.4. The second-order valence-corrected chi connectivity index (χ2v) is 6.77. The van der Waals surface area contributed by atoms with Crippen molar-refractivity contribution in [2.45, 2.75) is 65.0 Å². The zero-order valence-corrected chi connectivity index (χ0v) is 11.9. The number of piperidine rings is 1. The summed E-state index contributed by atoms with van der Waals surface area (Å²) < 4.78 is 0. The van der Waals surface area contributed by atoms with E-state index in [9.17, 15) is 0 Å². The maximum absolute atomic E-state index is 6.02. The lowest BCUT2D eigenvalue weighted by molar-refractivity contribution is 0.0428. The number of rotatable bonds is 2. The topological polar surface area (TPSA) is 29.3 Å². The molecule has 1 saturated carbocycles. The van der Waals surface area contributed by atoms with Gasteiger partial charge in [0.25, 0.3) is 0 Å². The molecule has 1 aliphatic carbocycles. The van der Waals surface area contributed by atoms with E-state index in [1.807, 2.05) is 0 Å². The summed E-state index contributed by atoms with van der Waals surface area (Å²) >= 11 is 0. The van der Waals surface area contributed by atoms with E-state index in [1.54, 1.807) is 0 Å². The SMILES string of the molecule is CC1CCC(C(C)C)C(N2CCC(N)CC2)C1. The van der Waals surface area contributed by atoms with Gasteiger partial charge in [0.05, 0.1) is 0 Å². The molecule has 0 amide bonds. The van der Waals surface area contributed by atoms with Crippen LogP contribution in [0, 0.1) is 17.8 Å².